The first kappa shape index (κ1) is 19.3. The maximum Gasteiger partial charge on any atom is 0.346 e. The van der Waals surface area contributed by atoms with Gasteiger partial charge < -0.3 is 14.3 Å². The summed E-state index contributed by atoms with van der Waals surface area (Å²) in [5.74, 6) is -0.919. The Labute approximate surface area is 160 Å². The zero-order valence-corrected chi connectivity index (χ0v) is 16.3. The summed E-state index contributed by atoms with van der Waals surface area (Å²) in [5, 5.41) is 0. The fourth-order valence-corrected chi connectivity index (χ4v) is 3.55. The fourth-order valence-electron chi connectivity index (χ4n) is 3.55. The molecule has 0 bridgehead atoms. The summed E-state index contributed by atoms with van der Waals surface area (Å²) in [5.41, 5.74) is -0.157. The largest absolute Gasteiger partial charge is 0.433 e. The Morgan fingerprint density at radius 2 is 1.59 bits per heavy atom. The molecule has 0 saturated carbocycles. The molecule has 0 amide bonds. The maximum absolute atomic E-state index is 13.3. The Bertz CT molecular complexity index is 807. The van der Waals surface area contributed by atoms with Gasteiger partial charge in [0, 0.05) is 17.8 Å². The van der Waals surface area contributed by atoms with E-state index >= 15 is 0 Å². The topological polar surface area (TPSA) is 52.6 Å². The Morgan fingerprint density at radius 1 is 1.04 bits per heavy atom. The van der Waals surface area contributed by atoms with Gasteiger partial charge in [0.25, 0.3) is 0 Å². The monoisotopic (exact) mass is 366 g/mol. The van der Waals surface area contributed by atoms with Crippen LogP contribution < -0.4 is 0 Å². The molecule has 4 heteroatoms. The lowest BCUT2D eigenvalue weighted by Crippen LogP contribution is -2.41. The zero-order valence-electron chi connectivity index (χ0n) is 16.3. The first-order chi connectivity index (χ1) is 12.7. The van der Waals surface area contributed by atoms with Crippen LogP contribution in [0.15, 0.2) is 60.7 Å². The number of hydrogen-bond acceptors (Lipinski definition) is 4. The van der Waals surface area contributed by atoms with E-state index in [-0.39, 0.29) is 17.6 Å². The summed E-state index contributed by atoms with van der Waals surface area (Å²) in [6.45, 7) is 7.44. The Hall–Kier alpha value is -2.46. The average molecular weight is 366 g/mol. The molecule has 1 heterocycles. The number of ketones is 1. The van der Waals surface area contributed by atoms with Crippen LogP contribution in [0.5, 0.6) is 0 Å². The first-order valence-corrected chi connectivity index (χ1v) is 9.24. The van der Waals surface area contributed by atoms with Crippen LogP contribution in [-0.2, 0) is 24.7 Å². The second kappa shape index (κ2) is 7.28. The first-order valence-electron chi connectivity index (χ1n) is 9.24. The van der Waals surface area contributed by atoms with Crippen LogP contribution in [0.4, 0.5) is 0 Å². The van der Waals surface area contributed by atoms with Gasteiger partial charge >= 0.3 is 5.97 Å². The molecule has 0 N–H and O–H groups in total. The predicted octanol–water partition coefficient (Wildman–Crippen LogP) is 4.59. The second-order valence-corrected chi connectivity index (χ2v) is 8.19. The highest BCUT2D eigenvalue weighted by Crippen LogP contribution is 2.50. The summed E-state index contributed by atoms with van der Waals surface area (Å²) in [6, 6.07) is 18.9. The van der Waals surface area contributed by atoms with Crippen LogP contribution in [-0.4, -0.2) is 18.0 Å². The summed E-state index contributed by atoms with van der Waals surface area (Å²) in [7, 11) is 0. The third-order valence-electron chi connectivity index (χ3n) is 4.90. The number of rotatable bonds is 5. The predicted molar refractivity (Wildman–Crippen MR) is 103 cm³/mol. The minimum absolute atomic E-state index is 0.00484. The molecule has 1 saturated heterocycles. The lowest BCUT2D eigenvalue weighted by molar-refractivity contribution is -0.158. The Balaban J connectivity index is 2.20. The quantitative estimate of drug-likeness (QED) is 0.726. The highest BCUT2D eigenvalue weighted by Gasteiger charge is 2.59. The standard InChI is InChI=1S/C23H26O4/c1-16(24)15-19(17-11-7-5-8-12-17)23(18-13-9-6-10-14-18)20(25)26-21(27-23)22(2,3)4/h5-14,19,21H,15H2,1-4H3/t19-,21-,23-/m1/s1. The minimum Gasteiger partial charge on any atom is -0.433 e. The van der Waals surface area contributed by atoms with Crippen molar-refractivity contribution in [3.05, 3.63) is 71.8 Å². The smallest absolute Gasteiger partial charge is 0.346 e. The SMILES string of the molecule is CC(=O)C[C@H](c1ccccc1)[C@@]1(c2ccccc2)O[C@H](C(C)(C)C)OC1=O. The Morgan fingerprint density at radius 3 is 2.07 bits per heavy atom. The van der Waals surface area contributed by atoms with Gasteiger partial charge in [0.15, 0.2) is 0 Å². The van der Waals surface area contributed by atoms with Gasteiger partial charge in [0.05, 0.1) is 0 Å². The minimum atomic E-state index is -1.35. The summed E-state index contributed by atoms with van der Waals surface area (Å²) in [6.07, 6.45) is -0.506. The summed E-state index contributed by atoms with van der Waals surface area (Å²) < 4.78 is 12.1. The highest BCUT2D eigenvalue weighted by molar-refractivity contribution is 5.86. The van der Waals surface area contributed by atoms with Crippen molar-refractivity contribution in [1.82, 2.24) is 0 Å². The van der Waals surface area contributed by atoms with Gasteiger partial charge in [-0.05, 0) is 18.1 Å². The molecule has 3 atom stereocenters. The van der Waals surface area contributed by atoms with Gasteiger partial charge in [-0.25, -0.2) is 4.79 Å². The number of ether oxygens (including phenoxy) is 2. The number of carbonyl (C=O) groups excluding carboxylic acids is 2. The molecule has 27 heavy (non-hydrogen) atoms. The number of cyclic esters (lactones) is 1. The molecule has 142 valence electrons. The number of esters is 1. The van der Waals surface area contributed by atoms with Crippen molar-refractivity contribution in [1.29, 1.82) is 0 Å². The van der Waals surface area contributed by atoms with Gasteiger partial charge in [-0.15, -0.1) is 0 Å². The van der Waals surface area contributed by atoms with Gasteiger partial charge in [-0.3, -0.25) is 0 Å². The van der Waals surface area contributed by atoms with Gasteiger partial charge in [-0.2, -0.15) is 0 Å². The third kappa shape index (κ3) is 3.67. The highest BCUT2D eigenvalue weighted by atomic mass is 16.8. The molecule has 1 fully saturated rings. The van der Waals surface area contributed by atoms with Gasteiger partial charge in [0.1, 0.15) is 5.78 Å². The lowest BCUT2D eigenvalue weighted by Gasteiger charge is -2.35. The van der Waals surface area contributed by atoms with E-state index in [1.807, 2.05) is 81.4 Å². The molecule has 0 aromatic heterocycles. The molecular weight excluding hydrogens is 340 g/mol. The van der Waals surface area contributed by atoms with E-state index in [4.69, 9.17) is 9.47 Å². The molecule has 1 aliphatic rings. The van der Waals surface area contributed by atoms with E-state index < -0.39 is 23.8 Å². The van der Waals surface area contributed by atoms with E-state index in [1.165, 1.54) is 6.92 Å². The lowest BCUT2D eigenvalue weighted by atomic mass is 9.74. The number of carbonyl (C=O) groups is 2. The normalized spacial score (nSPS) is 23.7. The summed E-state index contributed by atoms with van der Waals surface area (Å²) >= 11 is 0. The van der Waals surface area contributed by atoms with Gasteiger partial charge in [-0.1, -0.05) is 81.4 Å². The van der Waals surface area contributed by atoms with Crippen molar-refractivity contribution in [2.75, 3.05) is 0 Å². The third-order valence-corrected chi connectivity index (χ3v) is 4.90. The van der Waals surface area contributed by atoms with Crippen LogP contribution in [0.2, 0.25) is 0 Å². The second-order valence-electron chi connectivity index (χ2n) is 8.19. The fraction of sp³-hybridized carbons (Fsp3) is 0.391. The molecular formula is C23H26O4. The van der Waals surface area contributed by atoms with E-state index in [2.05, 4.69) is 0 Å². The van der Waals surface area contributed by atoms with E-state index in [0.717, 1.165) is 5.56 Å². The molecule has 0 radical (unpaired) electrons. The van der Waals surface area contributed by atoms with Crippen molar-refractivity contribution in [3.8, 4) is 0 Å². The van der Waals surface area contributed by atoms with Crippen LogP contribution in [0.1, 0.15) is 51.2 Å². The van der Waals surface area contributed by atoms with Crippen LogP contribution in [0.25, 0.3) is 0 Å². The van der Waals surface area contributed by atoms with E-state index in [1.54, 1.807) is 0 Å². The molecule has 0 spiro atoms. The number of benzene rings is 2. The number of hydrogen-bond donors (Lipinski definition) is 0. The Kier molecular flexibility index (Phi) is 5.20. The molecule has 1 aliphatic heterocycles. The van der Waals surface area contributed by atoms with Crippen molar-refractivity contribution in [3.63, 3.8) is 0 Å². The van der Waals surface area contributed by atoms with Crippen LogP contribution in [0.3, 0.4) is 0 Å². The van der Waals surface area contributed by atoms with Crippen molar-refractivity contribution in [2.24, 2.45) is 5.41 Å². The molecule has 2 aromatic carbocycles. The van der Waals surface area contributed by atoms with Crippen molar-refractivity contribution < 1.29 is 19.1 Å². The van der Waals surface area contributed by atoms with E-state index in [0.29, 0.717) is 5.56 Å². The molecule has 0 unspecified atom stereocenters. The molecule has 2 aromatic rings. The van der Waals surface area contributed by atoms with Gasteiger partial charge in [0.2, 0.25) is 11.9 Å². The maximum atomic E-state index is 13.3. The van der Waals surface area contributed by atoms with Crippen LogP contribution in [0, 0.1) is 5.41 Å². The van der Waals surface area contributed by atoms with E-state index in [9.17, 15) is 9.59 Å². The zero-order chi connectivity index (χ0) is 19.7. The summed E-state index contributed by atoms with van der Waals surface area (Å²) in [4.78, 5) is 25.4. The average Bonchev–Trinajstić information content (AvgIpc) is 2.99. The molecule has 3 rings (SSSR count). The molecule has 0 aliphatic carbocycles. The number of Topliss-reactive ketones (excluding diaryl/α,β-unsaturated/α-hetero) is 1. The molecule has 4 nitrogen and oxygen atoms in total. The van der Waals surface area contributed by atoms with Crippen LogP contribution >= 0.6 is 0 Å². The van der Waals surface area contributed by atoms with Crippen molar-refractivity contribution in [2.45, 2.75) is 51.9 Å². The van der Waals surface area contributed by atoms with Crippen molar-refractivity contribution >= 4 is 11.8 Å².